The van der Waals surface area contributed by atoms with Gasteiger partial charge in [-0.1, -0.05) is 12.1 Å². The molecule has 1 aromatic rings. The molecule has 2 rings (SSSR count). The van der Waals surface area contributed by atoms with E-state index in [1.54, 1.807) is 6.92 Å². The molecule has 1 saturated carbocycles. The first-order valence-electron chi connectivity index (χ1n) is 5.70. The second-order valence-electron chi connectivity index (χ2n) is 4.27. The highest BCUT2D eigenvalue weighted by Gasteiger charge is 2.16. The van der Waals surface area contributed by atoms with Crippen LogP contribution in [0, 0.1) is 0 Å². The SMILES string of the molecule is C[C@H](O)c1ccc(OC2CCCC2)cc1. The zero-order valence-electron chi connectivity index (χ0n) is 9.15. The van der Waals surface area contributed by atoms with E-state index in [-0.39, 0.29) is 0 Å². The third-order valence-corrected chi connectivity index (χ3v) is 2.97. The Morgan fingerprint density at radius 3 is 2.33 bits per heavy atom. The van der Waals surface area contributed by atoms with E-state index >= 15 is 0 Å². The molecule has 0 amide bonds. The van der Waals surface area contributed by atoms with Crippen molar-refractivity contribution in [3.05, 3.63) is 29.8 Å². The van der Waals surface area contributed by atoms with Gasteiger partial charge in [-0.15, -0.1) is 0 Å². The van der Waals surface area contributed by atoms with Gasteiger partial charge in [0.1, 0.15) is 5.75 Å². The Kier molecular flexibility index (Phi) is 3.27. The quantitative estimate of drug-likeness (QED) is 0.823. The van der Waals surface area contributed by atoms with E-state index in [9.17, 15) is 5.11 Å². The zero-order valence-corrected chi connectivity index (χ0v) is 9.15. The lowest BCUT2D eigenvalue weighted by Gasteiger charge is -2.13. The largest absolute Gasteiger partial charge is 0.490 e. The average Bonchev–Trinajstić information content (AvgIpc) is 2.71. The van der Waals surface area contributed by atoms with E-state index in [0.29, 0.717) is 6.10 Å². The lowest BCUT2D eigenvalue weighted by atomic mass is 10.1. The van der Waals surface area contributed by atoms with Crippen LogP contribution in [0.15, 0.2) is 24.3 Å². The number of aliphatic hydroxyl groups excluding tert-OH is 1. The summed E-state index contributed by atoms with van der Waals surface area (Å²) in [7, 11) is 0. The van der Waals surface area contributed by atoms with Crippen LogP contribution in [0.1, 0.15) is 44.3 Å². The summed E-state index contributed by atoms with van der Waals surface area (Å²) in [6.45, 7) is 1.77. The molecule has 1 aliphatic carbocycles. The van der Waals surface area contributed by atoms with Crippen LogP contribution in [0.25, 0.3) is 0 Å². The monoisotopic (exact) mass is 206 g/mol. The molecule has 1 aliphatic rings. The number of hydrogen-bond donors (Lipinski definition) is 1. The minimum Gasteiger partial charge on any atom is -0.490 e. The van der Waals surface area contributed by atoms with Gasteiger partial charge in [-0.25, -0.2) is 0 Å². The van der Waals surface area contributed by atoms with Crippen LogP contribution in [0.2, 0.25) is 0 Å². The van der Waals surface area contributed by atoms with E-state index < -0.39 is 6.10 Å². The van der Waals surface area contributed by atoms with Gasteiger partial charge in [-0.05, 0) is 50.3 Å². The Bertz CT molecular complexity index is 297. The molecular formula is C13H18O2. The van der Waals surface area contributed by atoms with E-state index in [4.69, 9.17) is 4.74 Å². The van der Waals surface area contributed by atoms with Crippen LogP contribution in [-0.2, 0) is 0 Å². The fourth-order valence-corrected chi connectivity index (χ4v) is 2.02. The van der Waals surface area contributed by atoms with Crippen molar-refractivity contribution < 1.29 is 9.84 Å². The number of benzene rings is 1. The van der Waals surface area contributed by atoms with Crippen molar-refractivity contribution >= 4 is 0 Å². The topological polar surface area (TPSA) is 29.5 Å². The molecule has 2 nitrogen and oxygen atoms in total. The summed E-state index contributed by atoms with van der Waals surface area (Å²) in [6, 6.07) is 7.74. The first kappa shape index (κ1) is 10.5. The summed E-state index contributed by atoms with van der Waals surface area (Å²) in [6.07, 6.45) is 4.94. The predicted molar refractivity (Wildman–Crippen MR) is 60.0 cm³/mol. The number of rotatable bonds is 3. The minimum atomic E-state index is -0.398. The second-order valence-corrected chi connectivity index (χ2v) is 4.27. The van der Waals surface area contributed by atoms with Gasteiger partial charge in [0.2, 0.25) is 0 Å². The summed E-state index contributed by atoms with van der Waals surface area (Å²) >= 11 is 0. The van der Waals surface area contributed by atoms with E-state index in [1.807, 2.05) is 24.3 Å². The molecule has 0 heterocycles. The van der Waals surface area contributed by atoms with Crippen LogP contribution in [0.3, 0.4) is 0 Å². The molecule has 0 saturated heterocycles. The standard InChI is InChI=1S/C13H18O2/c1-10(14)11-6-8-13(9-7-11)15-12-4-2-3-5-12/h6-10,12,14H,2-5H2,1H3/t10-/m0/s1. The average molecular weight is 206 g/mol. The van der Waals surface area contributed by atoms with Gasteiger partial charge in [-0.3, -0.25) is 0 Å². The normalized spacial score (nSPS) is 19.1. The maximum atomic E-state index is 9.36. The van der Waals surface area contributed by atoms with Crippen LogP contribution >= 0.6 is 0 Å². The fourth-order valence-electron chi connectivity index (χ4n) is 2.02. The number of aliphatic hydroxyl groups is 1. The summed E-state index contributed by atoms with van der Waals surface area (Å²) < 4.78 is 5.83. The van der Waals surface area contributed by atoms with E-state index in [0.717, 1.165) is 11.3 Å². The maximum absolute atomic E-state index is 9.36. The van der Waals surface area contributed by atoms with Crippen molar-refractivity contribution in [2.75, 3.05) is 0 Å². The summed E-state index contributed by atoms with van der Waals surface area (Å²) in [4.78, 5) is 0. The van der Waals surface area contributed by atoms with Gasteiger partial charge in [-0.2, -0.15) is 0 Å². The van der Waals surface area contributed by atoms with Crippen molar-refractivity contribution in [1.82, 2.24) is 0 Å². The van der Waals surface area contributed by atoms with Crippen LogP contribution in [0.5, 0.6) is 5.75 Å². The van der Waals surface area contributed by atoms with Gasteiger partial charge in [0, 0.05) is 0 Å². The summed E-state index contributed by atoms with van der Waals surface area (Å²) in [5.41, 5.74) is 0.939. The Morgan fingerprint density at radius 1 is 1.20 bits per heavy atom. The molecule has 0 bridgehead atoms. The van der Waals surface area contributed by atoms with Crippen molar-refractivity contribution in [2.24, 2.45) is 0 Å². The fraction of sp³-hybridized carbons (Fsp3) is 0.538. The first-order valence-corrected chi connectivity index (χ1v) is 5.70. The van der Waals surface area contributed by atoms with Crippen LogP contribution in [0.4, 0.5) is 0 Å². The molecule has 15 heavy (non-hydrogen) atoms. The van der Waals surface area contributed by atoms with Gasteiger partial charge in [0.25, 0.3) is 0 Å². The first-order chi connectivity index (χ1) is 7.25. The van der Waals surface area contributed by atoms with Gasteiger partial charge in [0.05, 0.1) is 12.2 Å². The van der Waals surface area contributed by atoms with Crippen molar-refractivity contribution in [2.45, 2.75) is 44.8 Å². The lowest BCUT2D eigenvalue weighted by molar-refractivity contribution is 0.197. The number of ether oxygens (including phenoxy) is 1. The molecule has 1 aromatic carbocycles. The maximum Gasteiger partial charge on any atom is 0.119 e. The highest BCUT2D eigenvalue weighted by Crippen LogP contribution is 2.25. The molecule has 2 heteroatoms. The van der Waals surface area contributed by atoms with Crippen LogP contribution < -0.4 is 4.74 Å². The molecule has 0 aromatic heterocycles. The number of hydrogen-bond acceptors (Lipinski definition) is 2. The molecule has 0 radical (unpaired) electrons. The predicted octanol–water partition coefficient (Wildman–Crippen LogP) is 3.06. The molecule has 1 N–H and O–H groups in total. The Morgan fingerprint density at radius 2 is 1.80 bits per heavy atom. The Balaban J connectivity index is 1.97. The van der Waals surface area contributed by atoms with Gasteiger partial charge < -0.3 is 9.84 Å². The van der Waals surface area contributed by atoms with E-state index in [1.165, 1.54) is 25.7 Å². The molecule has 1 atom stereocenters. The van der Waals surface area contributed by atoms with Crippen LogP contribution in [-0.4, -0.2) is 11.2 Å². The van der Waals surface area contributed by atoms with Gasteiger partial charge in [0.15, 0.2) is 0 Å². The molecule has 0 spiro atoms. The third-order valence-electron chi connectivity index (χ3n) is 2.97. The Hall–Kier alpha value is -1.02. The highest BCUT2D eigenvalue weighted by molar-refractivity contribution is 5.28. The third kappa shape index (κ3) is 2.72. The highest BCUT2D eigenvalue weighted by atomic mass is 16.5. The molecule has 0 unspecified atom stereocenters. The molecule has 0 aliphatic heterocycles. The second kappa shape index (κ2) is 4.67. The van der Waals surface area contributed by atoms with Crippen molar-refractivity contribution in [1.29, 1.82) is 0 Å². The molecular weight excluding hydrogens is 188 g/mol. The summed E-state index contributed by atoms with van der Waals surface area (Å²) in [5, 5.41) is 9.36. The summed E-state index contributed by atoms with van der Waals surface area (Å²) in [5.74, 6) is 0.923. The zero-order chi connectivity index (χ0) is 10.7. The van der Waals surface area contributed by atoms with Crippen molar-refractivity contribution in [3.8, 4) is 5.75 Å². The smallest absolute Gasteiger partial charge is 0.119 e. The molecule has 82 valence electrons. The lowest BCUT2D eigenvalue weighted by Crippen LogP contribution is -2.10. The Labute approximate surface area is 90.9 Å². The van der Waals surface area contributed by atoms with Gasteiger partial charge >= 0.3 is 0 Å². The minimum absolute atomic E-state index is 0.398. The molecule has 1 fully saturated rings. The van der Waals surface area contributed by atoms with Crippen molar-refractivity contribution in [3.63, 3.8) is 0 Å². The van der Waals surface area contributed by atoms with E-state index in [2.05, 4.69) is 0 Å².